The van der Waals surface area contributed by atoms with Crippen molar-refractivity contribution >= 4 is 0 Å². The fourth-order valence-corrected chi connectivity index (χ4v) is 2.99. The summed E-state index contributed by atoms with van der Waals surface area (Å²) in [5.74, 6) is 0.890. The summed E-state index contributed by atoms with van der Waals surface area (Å²) in [4.78, 5) is 2.38. The van der Waals surface area contributed by atoms with Crippen molar-refractivity contribution in [1.82, 2.24) is 10.2 Å². The predicted octanol–water partition coefficient (Wildman–Crippen LogP) is 2.83. The van der Waals surface area contributed by atoms with E-state index in [0.717, 1.165) is 32.6 Å². The number of halogens is 1. The van der Waals surface area contributed by atoms with E-state index in [9.17, 15) is 4.39 Å². The van der Waals surface area contributed by atoms with E-state index in [2.05, 4.69) is 24.1 Å². The SMILES string of the molecule is CCC(C)[C@H](c1c(F)cccc1OC)N1CCNCC1. The van der Waals surface area contributed by atoms with Gasteiger partial charge in [-0.15, -0.1) is 0 Å². The predicted molar refractivity (Wildman–Crippen MR) is 79.6 cm³/mol. The number of methoxy groups -OCH3 is 1. The lowest BCUT2D eigenvalue weighted by molar-refractivity contribution is 0.123. The van der Waals surface area contributed by atoms with Gasteiger partial charge in [-0.2, -0.15) is 0 Å². The Labute approximate surface area is 121 Å². The Morgan fingerprint density at radius 3 is 2.65 bits per heavy atom. The normalized spacial score (nSPS) is 19.6. The van der Waals surface area contributed by atoms with E-state index in [4.69, 9.17) is 4.74 Å². The molecule has 1 aromatic rings. The van der Waals surface area contributed by atoms with Gasteiger partial charge in [0.1, 0.15) is 11.6 Å². The van der Waals surface area contributed by atoms with Crippen LogP contribution < -0.4 is 10.1 Å². The molecule has 1 saturated heterocycles. The number of benzene rings is 1. The quantitative estimate of drug-likeness (QED) is 0.897. The second-order valence-corrected chi connectivity index (χ2v) is 5.47. The minimum absolute atomic E-state index is 0.0817. The first kappa shape index (κ1) is 15.3. The largest absolute Gasteiger partial charge is 0.496 e. The van der Waals surface area contributed by atoms with E-state index in [-0.39, 0.29) is 11.9 Å². The van der Waals surface area contributed by atoms with E-state index in [1.165, 1.54) is 6.07 Å². The van der Waals surface area contributed by atoms with Gasteiger partial charge in [-0.3, -0.25) is 4.90 Å². The average molecular weight is 280 g/mol. The minimum atomic E-state index is -0.159. The van der Waals surface area contributed by atoms with Gasteiger partial charge in [0.05, 0.1) is 7.11 Å². The van der Waals surface area contributed by atoms with Gasteiger partial charge in [0, 0.05) is 37.8 Å². The number of rotatable bonds is 5. The summed E-state index contributed by atoms with van der Waals surface area (Å²) in [5.41, 5.74) is 0.714. The minimum Gasteiger partial charge on any atom is -0.496 e. The lowest BCUT2D eigenvalue weighted by atomic mass is 9.89. The zero-order valence-electron chi connectivity index (χ0n) is 12.7. The van der Waals surface area contributed by atoms with Crippen LogP contribution in [0, 0.1) is 11.7 Å². The summed E-state index contributed by atoms with van der Waals surface area (Å²) in [6, 6.07) is 5.19. The molecule has 2 atom stereocenters. The maximum absolute atomic E-state index is 14.4. The summed E-state index contributed by atoms with van der Waals surface area (Å²) >= 11 is 0. The molecule has 1 N–H and O–H groups in total. The molecule has 0 spiro atoms. The van der Waals surface area contributed by atoms with Gasteiger partial charge >= 0.3 is 0 Å². The highest BCUT2D eigenvalue weighted by molar-refractivity contribution is 5.37. The maximum Gasteiger partial charge on any atom is 0.131 e. The van der Waals surface area contributed by atoms with Crippen LogP contribution in [0.3, 0.4) is 0 Å². The molecule has 1 aliphatic rings. The topological polar surface area (TPSA) is 24.5 Å². The standard InChI is InChI=1S/C16H25FN2O/c1-4-12(2)16(19-10-8-18-9-11-19)15-13(17)6-5-7-14(15)20-3/h5-7,12,16,18H,4,8-11H2,1-3H3/t12?,16-/m1/s1. The molecular weight excluding hydrogens is 255 g/mol. The second-order valence-electron chi connectivity index (χ2n) is 5.47. The van der Waals surface area contributed by atoms with Gasteiger partial charge in [0.2, 0.25) is 0 Å². The number of nitrogens with one attached hydrogen (secondary N) is 1. The third kappa shape index (κ3) is 3.13. The smallest absolute Gasteiger partial charge is 0.131 e. The Bertz CT molecular complexity index is 432. The molecule has 0 aliphatic carbocycles. The Morgan fingerprint density at radius 1 is 1.35 bits per heavy atom. The van der Waals surface area contributed by atoms with Crippen molar-refractivity contribution in [2.24, 2.45) is 5.92 Å². The van der Waals surface area contributed by atoms with Crippen molar-refractivity contribution < 1.29 is 9.13 Å². The first-order chi connectivity index (χ1) is 9.69. The van der Waals surface area contributed by atoms with E-state index < -0.39 is 0 Å². The van der Waals surface area contributed by atoms with Gasteiger partial charge in [-0.05, 0) is 18.1 Å². The van der Waals surface area contributed by atoms with Gasteiger partial charge in [0.25, 0.3) is 0 Å². The van der Waals surface area contributed by atoms with Gasteiger partial charge in [0.15, 0.2) is 0 Å². The number of hydrogen-bond acceptors (Lipinski definition) is 3. The summed E-state index contributed by atoms with van der Waals surface area (Å²) < 4.78 is 19.8. The molecule has 20 heavy (non-hydrogen) atoms. The van der Waals surface area contributed by atoms with Crippen LogP contribution >= 0.6 is 0 Å². The van der Waals surface area contributed by atoms with Gasteiger partial charge < -0.3 is 10.1 Å². The Hall–Kier alpha value is -1.13. The number of piperazine rings is 1. The Morgan fingerprint density at radius 2 is 2.05 bits per heavy atom. The van der Waals surface area contributed by atoms with Crippen LogP contribution in [-0.2, 0) is 0 Å². The molecule has 1 heterocycles. The van der Waals surface area contributed by atoms with Crippen LogP contribution in [0.1, 0.15) is 31.9 Å². The van der Waals surface area contributed by atoms with E-state index in [1.807, 2.05) is 6.07 Å². The third-order valence-corrected chi connectivity index (χ3v) is 4.26. The molecule has 0 amide bonds. The van der Waals surface area contributed by atoms with E-state index >= 15 is 0 Å². The summed E-state index contributed by atoms with van der Waals surface area (Å²) in [6.45, 7) is 8.18. The lowest BCUT2D eigenvalue weighted by Gasteiger charge is -2.39. The summed E-state index contributed by atoms with van der Waals surface area (Å²) in [5, 5.41) is 3.35. The summed E-state index contributed by atoms with van der Waals surface area (Å²) in [7, 11) is 1.61. The first-order valence-electron chi connectivity index (χ1n) is 7.46. The summed E-state index contributed by atoms with van der Waals surface area (Å²) in [6.07, 6.45) is 1.02. The molecule has 2 rings (SSSR count). The average Bonchev–Trinajstić information content (AvgIpc) is 2.50. The van der Waals surface area contributed by atoms with Crippen molar-refractivity contribution in [3.05, 3.63) is 29.6 Å². The molecule has 3 nitrogen and oxygen atoms in total. The van der Waals surface area contributed by atoms with Gasteiger partial charge in [-0.1, -0.05) is 26.3 Å². The van der Waals surface area contributed by atoms with E-state index in [1.54, 1.807) is 13.2 Å². The van der Waals surface area contributed by atoms with Crippen molar-refractivity contribution in [3.8, 4) is 5.75 Å². The van der Waals surface area contributed by atoms with Crippen LogP contribution in [-0.4, -0.2) is 38.2 Å². The number of hydrogen-bond donors (Lipinski definition) is 1. The van der Waals surface area contributed by atoms with E-state index in [0.29, 0.717) is 17.2 Å². The molecule has 0 aromatic heterocycles. The fourth-order valence-electron chi connectivity index (χ4n) is 2.99. The molecule has 1 unspecified atom stereocenters. The van der Waals surface area contributed by atoms with Crippen LogP contribution in [0.5, 0.6) is 5.75 Å². The molecule has 1 aromatic carbocycles. The molecule has 0 radical (unpaired) electrons. The highest BCUT2D eigenvalue weighted by Gasteiger charge is 2.31. The molecule has 1 fully saturated rings. The highest BCUT2D eigenvalue weighted by Crippen LogP contribution is 2.37. The van der Waals surface area contributed by atoms with Crippen LogP contribution in [0.25, 0.3) is 0 Å². The third-order valence-electron chi connectivity index (χ3n) is 4.26. The monoisotopic (exact) mass is 280 g/mol. The van der Waals surface area contributed by atoms with Crippen molar-refractivity contribution in [2.45, 2.75) is 26.3 Å². The molecule has 0 saturated carbocycles. The maximum atomic E-state index is 14.4. The molecule has 4 heteroatoms. The van der Waals surface area contributed by atoms with Crippen LogP contribution in [0.2, 0.25) is 0 Å². The second kappa shape index (κ2) is 7.04. The van der Waals surface area contributed by atoms with Crippen molar-refractivity contribution in [2.75, 3.05) is 33.3 Å². The van der Waals surface area contributed by atoms with Crippen LogP contribution in [0.4, 0.5) is 4.39 Å². The van der Waals surface area contributed by atoms with Crippen molar-refractivity contribution in [3.63, 3.8) is 0 Å². The highest BCUT2D eigenvalue weighted by atomic mass is 19.1. The first-order valence-corrected chi connectivity index (χ1v) is 7.46. The zero-order chi connectivity index (χ0) is 14.5. The number of nitrogens with zero attached hydrogens (tertiary/aromatic N) is 1. The van der Waals surface area contributed by atoms with Gasteiger partial charge in [-0.25, -0.2) is 4.39 Å². The Kier molecular flexibility index (Phi) is 5.38. The molecule has 1 aliphatic heterocycles. The Balaban J connectivity index is 2.40. The molecule has 112 valence electrons. The van der Waals surface area contributed by atoms with Crippen LogP contribution in [0.15, 0.2) is 18.2 Å². The molecular formula is C16H25FN2O. The zero-order valence-corrected chi connectivity index (χ0v) is 12.7. The molecule has 0 bridgehead atoms. The number of ether oxygens (including phenoxy) is 1. The van der Waals surface area contributed by atoms with Crippen molar-refractivity contribution in [1.29, 1.82) is 0 Å². The fraction of sp³-hybridized carbons (Fsp3) is 0.625. The lowest BCUT2D eigenvalue weighted by Crippen LogP contribution is -2.46.